The average molecular weight is 735 g/mol. The number of rotatable bonds is 21. The molecule has 1 aliphatic heterocycles. The lowest BCUT2D eigenvalue weighted by molar-refractivity contribution is -0.121. The van der Waals surface area contributed by atoms with Crippen molar-refractivity contribution in [2.75, 3.05) is 19.8 Å². The first-order valence-electron chi connectivity index (χ1n) is 19.3. The van der Waals surface area contributed by atoms with Crippen molar-refractivity contribution in [3.8, 4) is 5.75 Å². The van der Waals surface area contributed by atoms with Gasteiger partial charge in [-0.1, -0.05) is 45.8 Å². The van der Waals surface area contributed by atoms with E-state index < -0.39 is 8.07 Å². The number of fused-ring (bicyclic) bond motifs is 2. The van der Waals surface area contributed by atoms with Crippen LogP contribution in [-0.4, -0.2) is 75.5 Å². The summed E-state index contributed by atoms with van der Waals surface area (Å²) in [5, 5.41) is 2.95. The maximum absolute atomic E-state index is 13.4. The van der Waals surface area contributed by atoms with E-state index in [2.05, 4.69) is 25.0 Å². The molecule has 4 heterocycles. The van der Waals surface area contributed by atoms with E-state index in [0.717, 1.165) is 56.7 Å². The molecule has 13 heteroatoms. The van der Waals surface area contributed by atoms with E-state index in [1.54, 1.807) is 4.90 Å². The van der Waals surface area contributed by atoms with E-state index in [0.29, 0.717) is 80.6 Å². The number of unbranched alkanes of at least 4 members (excludes halogenated alkanes) is 4. The van der Waals surface area contributed by atoms with Gasteiger partial charge >= 0.3 is 0 Å². The van der Waals surface area contributed by atoms with Crippen LogP contribution in [0, 0.1) is 0 Å². The molecule has 5 rings (SSSR count). The summed E-state index contributed by atoms with van der Waals surface area (Å²) in [5.74, 6) is 0.260. The van der Waals surface area contributed by atoms with Crippen LogP contribution >= 0.6 is 0 Å². The number of ether oxygens (including phenoxy) is 2. The third-order valence-electron chi connectivity index (χ3n) is 9.88. The fourth-order valence-electron chi connectivity index (χ4n) is 6.51. The number of hydrogen-bond donors (Lipinski definition) is 1. The normalized spacial score (nSPS) is 14.7. The predicted octanol–water partition coefficient (Wildman–Crippen LogP) is 6.67. The lowest BCUT2D eigenvalue weighted by Gasteiger charge is -2.35. The maximum atomic E-state index is 13.4. The summed E-state index contributed by atoms with van der Waals surface area (Å²) in [6, 6.07) is 2.55. The topological polar surface area (TPSA) is 138 Å². The number of Topliss-reactive ketones (excluding diaryl/α,β-unsaturated/α-hetero) is 1. The van der Waals surface area contributed by atoms with Gasteiger partial charge in [0.15, 0.2) is 22.9 Å². The van der Waals surface area contributed by atoms with Gasteiger partial charge in [-0.3, -0.25) is 19.2 Å². The van der Waals surface area contributed by atoms with Crippen LogP contribution in [0.25, 0.3) is 11.2 Å². The van der Waals surface area contributed by atoms with Crippen molar-refractivity contribution in [1.82, 2.24) is 29.3 Å². The van der Waals surface area contributed by atoms with Crippen molar-refractivity contribution in [2.24, 2.45) is 0 Å². The molecule has 0 atom stereocenters. The molecule has 1 saturated carbocycles. The average Bonchev–Trinajstić information content (AvgIpc) is 3.89. The fraction of sp³-hybridized carbons (Fsp3) is 0.641. The molecule has 0 bridgehead atoms. The number of carbonyl (C=O) groups excluding carboxylic acids is 3. The molecule has 0 saturated heterocycles. The van der Waals surface area contributed by atoms with Crippen LogP contribution in [-0.2, 0) is 29.4 Å². The van der Waals surface area contributed by atoms with Crippen molar-refractivity contribution in [3.63, 3.8) is 0 Å². The Morgan fingerprint density at radius 3 is 2.46 bits per heavy atom. The molecule has 3 aromatic heterocycles. The Bertz CT molecular complexity index is 1790. The minimum atomic E-state index is -1.21. The highest BCUT2D eigenvalue weighted by atomic mass is 28.3. The van der Waals surface area contributed by atoms with E-state index in [1.165, 1.54) is 6.07 Å². The maximum Gasteiger partial charge on any atom is 0.274 e. The second kappa shape index (κ2) is 17.8. The molecule has 0 aromatic carbocycles. The summed E-state index contributed by atoms with van der Waals surface area (Å²) in [6.45, 7) is 15.5. The number of pyridine rings is 1. The summed E-state index contributed by atoms with van der Waals surface area (Å²) in [4.78, 5) is 64.2. The monoisotopic (exact) mass is 734 g/mol. The third kappa shape index (κ3) is 10.2. The van der Waals surface area contributed by atoms with E-state index >= 15 is 0 Å². The van der Waals surface area contributed by atoms with Gasteiger partial charge in [-0.25, -0.2) is 9.97 Å². The summed E-state index contributed by atoms with van der Waals surface area (Å²) >= 11 is 0. The van der Waals surface area contributed by atoms with E-state index in [9.17, 15) is 19.2 Å². The SMILES string of the molecule is CCCCOc1c2n(c(CNC(=O)CCCCCCC(=O)c3cn(COCC[Si](C)(C)C)c4ncc(C5CC5)nc34)cc1=O)CCN(C(C)C)C2=O. The molecule has 1 N–H and O–H groups in total. The summed E-state index contributed by atoms with van der Waals surface area (Å²) in [6.07, 6.45) is 11.4. The van der Waals surface area contributed by atoms with Gasteiger partial charge in [-0.05, 0) is 52.0 Å². The minimum absolute atomic E-state index is 0.00733. The Balaban J connectivity index is 1.11. The Kier molecular flexibility index (Phi) is 13.5. The number of nitrogens with one attached hydrogen (secondary N) is 1. The predicted molar refractivity (Wildman–Crippen MR) is 205 cm³/mol. The first-order chi connectivity index (χ1) is 24.9. The van der Waals surface area contributed by atoms with E-state index in [4.69, 9.17) is 19.4 Å². The first-order valence-corrected chi connectivity index (χ1v) is 23.0. The molecular formula is C39H58N6O6Si. The highest BCUT2D eigenvalue weighted by molar-refractivity contribution is 6.76. The van der Waals surface area contributed by atoms with E-state index in [1.807, 2.05) is 42.3 Å². The molecule has 3 aromatic rings. The lowest BCUT2D eigenvalue weighted by Crippen LogP contribution is -2.46. The van der Waals surface area contributed by atoms with Crippen LogP contribution in [0.3, 0.4) is 0 Å². The zero-order chi connectivity index (χ0) is 37.4. The van der Waals surface area contributed by atoms with Gasteiger partial charge < -0.3 is 28.8 Å². The van der Waals surface area contributed by atoms with Gasteiger partial charge in [-0.15, -0.1) is 0 Å². The lowest BCUT2D eigenvalue weighted by atomic mass is 10.0. The molecule has 2 aliphatic rings. The standard InChI is InChI=1S/C39H58N6O6Si/c1-7-8-19-51-37-33(47)22-29(45-18-17-44(27(2)3)39(49)36(37)45)23-40-34(48)14-12-10-9-11-13-32(46)30-25-43(26-50-20-21-52(4,5)6)38-35(30)42-31(24-41-38)28-15-16-28/h22,24-25,27-28H,7-21,23,26H2,1-6H3,(H,40,48). The second-order valence-corrected chi connectivity index (χ2v) is 21.5. The first kappa shape index (κ1) is 39.4. The molecule has 1 fully saturated rings. The summed E-state index contributed by atoms with van der Waals surface area (Å²) in [7, 11) is -1.21. The van der Waals surface area contributed by atoms with Gasteiger partial charge in [0.25, 0.3) is 5.91 Å². The van der Waals surface area contributed by atoms with Crippen molar-refractivity contribution in [1.29, 1.82) is 0 Å². The third-order valence-corrected chi connectivity index (χ3v) is 11.6. The van der Waals surface area contributed by atoms with Gasteiger partial charge in [0.2, 0.25) is 11.3 Å². The molecular weight excluding hydrogens is 677 g/mol. The van der Waals surface area contributed by atoms with Crippen LogP contribution in [0.2, 0.25) is 25.7 Å². The summed E-state index contributed by atoms with van der Waals surface area (Å²) < 4.78 is 15.6. The molecule has 12 nitrogen and oxygen atoms in total. The zero-order valence-corrected chi connectivity index (χ0v) is 33.1. The zero-order valence-electron chi connectivity index (χ0n) is 32.1. The number of aromatic nitrogens is 4. The molecule has 52 heavy (non-hydrogen) atoms. The minimum Gasteiger partial charge on any atom is -0.487 e. The Labute approximate surface area is 308 Å². The van der Waals surface area contributed by atoms with Gasteiger partial charge in [-0.2, -0.15) is 0 Å². The van der Waals surface area contributed by atoms with Gasteiger partial charge in [0, 0.05) is 70.5 Å². The second-order valence-electron chi connectivity index (χ2n) is 15.8. The molecule has 0 radical (unpaired) electrons. The highest BCUT2D eigenvalue weighted by Gasteiger charge is 2.32. The quantitative estimate of drug-likeness (QED) is 0.0729. The van der Waals surface area contributed by atoms with Crippen molar-refractivity contribution in [2.45, 2.75) is 142 Å². The molecule has 1 aliphatic carbocycles. The summed E-state index contributed by atoms with van der Waals surface area (Å²) in [5.41, 5.74) is 3.46. The number of ketones is 1. The van der Waals surface area contributed by atoms with Crippen LogP contribution < -0.4 is 15.5 Å². The van der Waals surface area contributed by atoms with Crippen LogP contribution in [0.4, 0.5) is 0 Å². The Hall–Kier alpha value is -3.84. The van der Waals surface area contributed by atoms with E-state index in [-0.39, 0.29) is 47.1 Å². The Morgan fingerprint density at radius 1 is 1.02 bits per heavy atom. The number of carbonyl (C=O) groups is 3. The molecule has 0 spiro atoms. The highest BCUT2D eigenvalue weighted by Crippen LogP contribution is 2.39. The van der Waals surface area contributed by atoms with Gasteiger partial charge in [0.1, 0.15) is 12.2 Å². The van der Waals surface area contributed by atoms with Crippen molar-refractivity contribution >= 4 is 36.8 Å². The van der Waals surface area contributed by atoms with Crippen LogP contribution in [0.15, 0.2) is 23.3 Å². The van der Waals surface area contributed by atoms with Crippen LogP contribution in [0.1, 0.15) is 123 Å². The molecule has 284 valence electrons. The number of amides is 2. The fourth-order valence-corrected chi connectivity index (χ4v) is 7.27. The van der Waals surface area contributed by atoms with Crippen LogP contribution in [0.5, 0.6) is 5.75 Å². The smallest absolute Gasteiger partial charge is 0.274 e. The number of nitrogens with zero attached hydrogens (tertiary/aromatic N) is 5. The molecule has 0 unspecified atom stereocenters. The largest absolute Gasteiger partial charge is 0.487 e. The van der Waals surface area contributed by atoms with Crippen molar-refractivity contribution in [3.05, 3.63) is 51.3 Å². The Morgan fingerprint density at radius 2 is 1.77 bits per heavy atom. The number of hydrogen-bond acceptors (Lipinski definition) is 8. The van der Waals surface area contributed by atoms with Gasteiger partial charge in [0.05, 0.1) is 30.6 Å². The van der Waals surface area contributed by atoms with Crippen molar-refractivity contribution < 1.29 is 23.9 Å². The molecule has 2 amide bonds.